The second-order valence-corrected chi connectivity index (χ2v) is 10.8. The minimum Gasteiger partial charge on any atom is -0.497 e. The summed E-state index contributed by atoms with van der Waals surface area (Å²) < 4.78 is 34.0. The van der Waals surface area contributed by atoms with Gasteiger partial charge in [0.2, 0.25) is 11.8 Å². The number of carbonyl (C=O) groups is 2. The van der Waals surface area contributed by atoms with Crippen LogP contribution in [0.1, 0.15) is 31.4 Å². The number of hydrogen-bond donors (Lipinski definition) is 1. The summed E-state index contributed by atoms with van der Waals surface area (Å²) in [6.45, 7) is 5.48. The van der Waals surface area contributed by atoms with Crippen molar-refractivity contribution >= 4 is 27.5 Å². The highest BCUT2D eigenvalue weighted by Gasteiger charge is 2.33. The number of para-hydroxylation sites is 1. The molecule has 0 aliphatic rings. The molecule has 3 rings (SSSR count). The van der Waals surface area contributed by atoms with Crippen molar-refractivity contribution in [2.75, 3.05) is 24.5 Å². The molecule has 0 aliphatic heterocycles. The summed E-state index contributed by atoms with van der Waals surface area (Å²) in [6, 6.07) is 21.4. The number of nitrogens with one attached hydrogen (secondary N) is 1. The van der Waals surface area contributed by atoms with Gasteiger partial charge in [-0.25, -0.2) is 8.42 Å². The summed E-state index contributed by atoms with van der Waals surface area (Å²) in [5, 5.41) is 2.84. The zero-order chi connectivity index (χ0) is 27.7. The van der Waals surface area contributed by atoms with Gasteiger partial charge in [0, 0.05) is 13.1 Å². The van der Waals surface area contributed by atoms with Gasteiger partial charge >= 0.3 is 0 Å². The number of aryl methyl sites for hydroxylation is 1. The highest BCUT2D eigenvalue weighted by molar-refractivity contribution is 7.92. The van der Waals surface area contributed by atoms with Crippen molar-refractivity contribution in [3.8, 4) is 5.75 Å². The van der Waals surface area contributed by atoms with Crippen molar-refractivity contribution in [1.29, 1.82) is 0 Å². The van der Waals surface area contributed by atoms with E-state index in [1.807, 2.05) is 19.1 Å². The number of sulfonamides is 1. The van der Waals surface area contributed by atoms with Crippen molar-refractivity contribution < 1.29 is 22.7 Å². The van der Waals surface area contributed by atoms with E-state index in [0.717, 1.165) is 16.3 Å². The van der Waals surface area contributed by atoms with Gasteiger partial charge in [-0.05, 0) is 61.7 Å². The van der Waals surface area contributed by atoms with Gasteiger partial charge < -0.3 is 15.0 Å². The summed E-state index contributed by atoms with van der Waals surface area (Å²) >= 11 is 0. The Kier molecular flexibility index (Phi) is 9.90. The number of nitrogens with zero attached hydrogens (tertiary/aromatic N) is 2. The van der Waals surface area contributed by atoms with E-state index in [4.69, 9.17) is 4.74 Å². The molecule has 0 saturated heterocycles. The van der Waals surface area contributed by atoms with Gasteiger partial charge in [-0.3, -0.25) is 13.9 Å². The molecule has 0 saturated carbocycles. The molecule has 0 heterocycles. The fraction of sp³-hybridized carbons (Fsp3) is 0.310. The number of amides is 2. The molecule has 1 N–H and O–H groups in total. The largest absolute Gasteiger partial charge is 0.497 e. The molecule has 0 bridgehead atoms. The quantitative estimate of drug-likeness (QED) is 0.375. The first-order valence-electron chi connectivity index (χ1n) is 12.5. The summed E-state index contributed by atoms with van der Waals surface area (Å²) in [6.07, 6.45) is 0.749. The predicted octanol–water partition coefficient (Wildman–Crippen LogP) is 4.14. The van der Waals surface area contributed by atoms with E-state index >= 15 is 0 Å². The van der Waals surface area contributed by atoms with E-state index in [9.17, 15) is 18.0 Å². The normalized spacial score (nSPS) is 11.9. The molecular formula is C29H35N3O5S. The van der Waals surface area contributed by atoms with Crippen molar-refractivity contribution in [3.63, 3.8) is 0 Å². The van der Waals surface area contributed by atoms with Crippen LogP contribution >= 0.6 is 0 Å². The van der Waals surface area contributed by atoms with Gasteiger partial charge in [0.1, 0.15) is 18.3 Å². The Morgan fingerprint density at radius 1 is 0.974 bits per heavy atom. The van der Waals surface area contributed by atoms with E-state index in [2.05, 4.69) is 5.32 Å². The Morgan fingerprint density at radius 2 is 1.66 bits per heavy atom. The first-order valence-corrected chi connectivity index (χ1v) is 14.0. The minimum absolute atomic E-state index is 0.0733. The SMILES string of the molecule is CCCNC(=O)[C@@H](C)N(Cc1cccc(OC)c1)C(=O)CN(c1ccccc1C)S(=O)(=O)c1ccccc1. The molecule has 0 aromatic heterocycles. The Bertz CT molecular complexity index is 1350. The Morgan fingerprint density at radius 3 is 2.32 bits per heavy atom. The Hall–Kier alpha value is -3.85. The lowest BCUT2D eigenvalue weighted by Crippen LogP contribution is -2.51. The molecule has 1 atom stereocenters. The highest BCUT2D eigenvalue weighted by Crippen LogP contribution is 2.27. The molecule has 9 heteroatoms. The Balaban J connectivity index is 2.02. The van der Waals surface area contributed by atoms with Gasteiger partial charge in [0.25, 0.3) is 10.0 Å². The van der Waals surface area contributed by atoms with Crippen molar-refractivity contribution in [1.82, 2.24) is 10.2 Å². The van der Waals surface area contributed by atoms with Crippen LogP contribution in [0.2, 0.25) is 0 Å². The lowest BCUT2D eigenvalue weighted by atomic mass is 10.1. The van der Waals surface area contributed by atoms with Gasteiger partial charge in [0.05, 0.1) is 17.7 Å². The maximum atomic E-state index is 13.9. The maximum Gasteiger partial charge on any atom is 0.264 e. The molecule has 0 unspecified atom stereocenters. The molecule has 38 heavy (non-hydrogen) atoms. The molecule has 3 aromatic rings. The summed E-state index contributed by atoms with van der Waals surface area (Å²) in [5.74, 6) is -0.197. The molecular weight excluding hydrogens is 502 g/mol. The van der Waals surface area contributed by atoms with Gasteiger partial charge in [0.15, 0.2) is 0 Å². The van der Waals surface area contributed by atoms with Crippen LogP contribution in [0.15, 0.2) is 83.8 Å². The van der Waals surface area contributed by atoms with Gasteiger partial charge in [-0.2, -0.15) is 0 Å². The van der Waals surface area contributed by atoms with E-state index in [1.54, 1.807) is 75.6 Å². The zero-order valence-corrected chi connectivity index (χ0v) is 23.1. The van der Waals surface area contributed by atoms with Crippen molar-refractivity contribution in [2.45, 2.75) is 44.7 Å². The molecule has 202 valence electrons. The van der Waals surface area contributed by atoms with Crippen molar-refractivity contribution in [2.24, 2.45) is 0 Å². The predicted molar refractivity (Wildman–Crippen MR) is 148 cm³/mol. The standard InChI is InChI=1S/C29H35N3O5S/c1-5-18-30-29(34)23(3)31(20-24-13-11-14-25(19-24)37-4)28(33)21-32(27-17-10-9-12-22(27)2)38(35,36)26-15-7-6-8-16-26/h6-17,19,23H,5,18,20-21H2,1-4H3,(H,30,34)/t23-/m1/s1. The number of rotatable bonds is 12. The van der Waals surface area contributed by atoms with Gasteiger partial charge in [-0.1, -0.05) is 55.5 Å². The van der Waals surface area contributed by atoms with Crippen LogP contribution in [-0.2, 0) is 26.2 Å². The Labute approximate surface area is 225 Å². The lowest BCUT2D eigenvalue weighted by Gasteiger charge is -2.32. The number of methoxy groups -OCH3 is 1. The number of carbonyl (C=O) groups excluding carboxylic acids is 2. The highest BCUT2D eigenvalue weighted by atomic mass is 32.2. The first kappa shape index (κ1) is 28.7. The topological polar surface area (TPSA) is 96.0 Å². The second kappa shape index (κ2) is 13.1. The van der Waals surface area contributed by atoms with Gasteiger partial charge in [-0.15, -0.1) is 0 Å². The summed E-state index contributed by atoms with van der Waals surface area (Å²) in [7, 11) is -2.53. The van der Waals surface area contributed by atoms with Crippen molar-refractivity contribution in [3.05, 3.63) is 90.0 Å². The van der Waals surface area contributed by atoms with Crippen LogP contribution in [0, 0.1) is 6.92 Å². The number of hydrogen-bond acceptors (Lipinski definition) is 5. The molecule has 0 spiro atoms. The molecule has 0 fully saturated rings. The average Bonchev–Trinajstić information content (AvgIpc) is 2.93. The lowest BCUT2D eigenvalue weighted by molar-refractivity contribution is -0.139. The fourth-order valence-electron chi connectivity index (χ4n) is 4.02. The minimum atomic E-state index is -4.08. The third kappa shape index (κ3) is 6.92. The fourth-order valence-corrected chi connectivity index (χ4v) is 5.52. The molecule has 8 nitrogen and oxygen atoms in total. The molecule has 0 radical (unpaired) electrons. The van der Waals surface area contributed by atoms with E-state index in [1.165, 1.54) is 17.0 Å². The van der Waals surface area contributed by atoms with E-state index in [0.29, 0.717) is 23.5 Å². The molecule has 3 aromatic carbocycles. The zero-order valence-electron chi connectivity index (χ0n) is 22.3. The number of ether oxygens (including phenoxy) is 1. The summed E-state index contributed by atoms with van der Waals surface area (Å²) in [4.78, 5) is 28.3. The first-order chi connectivity index (χ1) is 18.2. The average molecular weight is 538 g/mol. The smallest absolute Gasteiger partial charge is 0.264 e. The van der Waals surface area contributed by atoms with Crippen LogP contribution in [-0.4, -0.2) is 51.4 Å². The molecule has 2 amide bonds. The van der Waals surface area contributed by atoms with Crippen LogP contribution in [0.3, 0.4) is 0 Å². The molecule has 0 aliphatic carbocycles. The maximum absolute atomic E-state index is 13.9. The number of anilines is 1. The monoisotopic (exact) mass is 537 g/mol. The van der Waals surface area contributed by atoms with Crippen LogP contribution in [0.4, 0.5) is 5.69 Å². The van der Waals surface area contributed by atoms with E-state index in [-0.39, 0.29) is 17.3 Å². The second-order valence-electron chi connectivity index (χ2n) is 8.95. The third-order valence-electron chi connectivity index (χ3n) is 6.20. The number of benzene rings is 3. The van der Waals surface area contributed by atoms with Crippen LogP contribution < -0.4 is 14.4 Å². The third-order valence-corrected chi connectivity index (χ3v) is 7.97. The van der Waals surface area contributed by atoms with Crippen LogP contribution in [0.25, 0.3) is 0 Å². The van der Waals surface area contributed by atoms with E-state index < -0.39 is 28.5 Å². The van der Waals surface area contributed by atoms with Crippen LogP contribution in [0.5, 0.6) is 5.75 Å². The summed E-state index contributed by atoms with van der Waals surface area (Å²) in [5.41, 5.74) is 1.85.